The number of halogens is 8. The molecule has 0 aliphatic heterocycles. The van der Waals surface area contributed by atoms with Crippen LogP contribution in [0.5, 0.6) is 0 Å². The quantitative estimate of drug-likeness (QED) is 0.515. The Morgan fingerprint density at radius 3 is 2.13 bits per heavy atom. The van der Waals surface area contributed by atoms with E-state index < -0.39 is 55.7 Å². The zero-order chi connectivity index (χ0) is 23.2. The monoisotopic (exact) mass is 471 g/mol. The van der Waals surface area contributed by atoms with Crippen LogP contribution < -0.4 is 4.72 Å². The first-order chi connectivity index (χ1) is 14.2. The van der Waals surface area contributed by atoms with Crippen molar-refractivity contribution in [2.75, 3.05) is 4.72 Å². The maximum absolute atomic E-state index is 13.9. The van der Waals surface area contributed by atoms with Crippen molar-refractivity contribution < 1.29 is 43.5 Å². The molecule has 0 spiro atoms. The summed E-state index contributed by atoms with van der Waals surface area (Å²) in [5, 5.41) is 0. The predicted octanol–water partition coefficient (Wildman–Crippen LogP) is 5.19. The molecule has 2 heterocycles. The van der Waals surface area contributed by atoms with Crippen LogP contribution in [0.2, 0.25) is 0 Å². The fourth-order valence-corrected chi connectivity index (χ4v) is 3.50. The van der Waals surface area contributed by atoms with E-state index in [-0.39, 0.29) is 23.5 Å². The molecule has 166 valence electrons. The molecular weight excluding hydrogens is 462 g/mol. The molecule has 0 aliphatic carbocycles. The van der Waals surface area contributed by atoms with Gasteiger partial charge < -0.3 is 4.98 Å². The average Bonchev–Trinajstić information content (AvgIpc) is 3.14. The van der Waals surface area contributed by atoms with Gasteiger partial charge in [-0.3, -0.25) is 9.71 Å². The number of nitrogens with zero attached hydrogens (tertiary/aromatic N) is 1. The third-order valence-corrected chi connectivity index (χ3v) is 5.28. The number of rotatable bonds is 4. The van der Waals surface area contributed by atoms with Gasteiger partial charge in [-0.15, -0.1) is 0 Å². The van der Waals surface area contributed by atoms with E-state index in [9.17, 15) is 43.5 Å². The number of benzene rings is 1. The van der Waals surface area contributed by atoms with Crippen molar-refractivity contribution in [2.24, 2.45) is 0 Å². The summed E-state index contributed by atoms with van der Waals surface area (Å²) in [4.78, 5) is 5.47. The summed E-state index contributed by atoms with van der Waals surface area (Å²) in [6, 6.07) is 2.48. The number of hydrogen-bond acceptors (Lipinski definition) is 3. The van der Waals surface area contributed by atoms with Crippen LogP contribution in [0.1, 0.15) is 11.1 Å². The fraction of sp³-hybridized carbons (Fsp3) is 0.118. The molecule has 31 heavy (non-hydrogen) atoms. The van der Waals surface area contributed by atoms with Gasteiger partial charge in [0, 0.05) is 18.5 Å². The number of H-pyrrole nitrogens is 1. The summed E-state index contributed by atoms with van der Waals surface area (Å²) >= 11 is 0. The Kier molecular flexibility index (Phi) is 5.46. The average molecular weight is 471 g/mol. The van der Waals surface area contributed by atoms with E-state index in [1.807, 2.05) is 0 Å². The molecular formula is C17H9F8N3O2S. The number of aromatic nitrogens is 2. The molecule has 1 aromatic carbocycles. The SMILES string of the molecule is O=S(=O)(Nc1cc(F)c(C(F)(F)F)cc1F)c1c[nH]c(-c2ccc(C(F)(F)F)cn2)c1. The topological polar surface area (TPSA) is 74.8 Å². The standard InChI is InChI=1S/C17H9F8N3O2S/c18-11-5-14(12(19)4-10(11)17(23,24)25)28-31(29,30)9-3-15(27-7-9)13-2-1-8(6-26-13)16(20,21)22/h1-7,27-28H. The zero-order valence-electron chi connectivity index (χ0n) is 14.7. The lowest BCUT2D eigenvalue weighted by atomic mass is 10.2. The van der Waals surface area contributed by atoms with E-state index >= 15 is 0 Å². The molecule has 0 bridgehead atoms. The number of sulfonamides is 1. The Labute approximate surface area is 168 Å². The highest BCUT2D eigenvalue weighted by Gasteiger charge is 2.35. The first-order valence-corrected chi connectivity index (χ1v) is 9.48. The van der Waals surface area contributed by atoms with Crippen LogP contribution in [0.4, 0.5) is 40.8 Å². The van der Waals surface area contributed by atoms with Crippen molar-refractivity contribution in [2.45, 2.75) is 17.2 Å². The van der Waals surface area contributed by atoms with Gasteiger partial charge in [-0.1, -0.05) is 0 Å². The molecule has 5 nitrogen and oxygen atoms in total. The second-order valence-electron chi connectivity index (χ2n) is 6.09. The van der Waals surface area contributed by atoms with E-state index in [4.69, 9.17) is 0 Å². The summed E-state index contributed by atoms with van der Waals surface area (Å²) in [6.45, 7) is 0. The molecule has 14 heteroatoms. The molecule has 0 atom stereocenters. The maximum atomic E-state index is 13.9. The van der Waals surface area contributed by atoms with Crippen LogP contribution in [-0.2, 0) is 22.4 Å². The van der Waals surface area contributed by atoms with Gasteiger partial charge in [-0.25, -0.2) is 17.2 Å². The lowest BCUT2D eigenvalue weighted by molar-refractivity contribution is -0.140. The van der Waals surface area contributed by atoms with Crippen molar-refractivity contribution in [1.82, 2.24) is 9.97 Å². The second-order valence-corrected chi connectivity index (χ2v) is 7.78. The van der Waals surface area contributed by atoms with Gasteiger partial charge in [0.2, 0.25) is 0 Å². The Hall–Kier alpha value is -3.16. The van der Waals surface area contributed by atoms with E-state index in [1.54, 1.807) is 4.72 Å². The van der Waals surface area contributed by atoms with Crippen molar-refractivity contribution >= 4 is 15.7 Å². The number of anilines is 1. The number of pyridine rings is 1. The van der Waals surface area contributed by atoms with Crippen LogP contribution in [0.15, 0.2) is 47.6 Å². The highest BCUT2D eigenvalue weighted by atomic mass is 32.2. The summed E-state index contributed by atoms with van der Waals surface area (Å²) in [7, 11) is -4.60. The first kappa shape index (κ1) is 22.5. The molecule has 0 fully saturated rings. The molecule has 2 N–H and O–H groups in total. The lowest BCUT2D eigenvalue weighted by Crippen LogP contribution is -2.15. The lowest BCUT2D eigenvalue weighted by Gasteiger charge is -2.12. The molecule has 0 saturated heterocycles. The van der Waals surface area contributed by atoms with Crippen molar-refractivity contribution in [3.63, 3.8) is 0 Å². The van der Waals surface area contributed by atoms with E-state index in [1.165, 1.54) is 0 Å². The summed E-state index contributed by atoms with van der Waals surface area (Å²) < 4.78 is 129. The molecule has 0 radical (unpaired) electrons. The van der Waals surface area contributed by atoms with E-state index in [2.05, 4.69) is 9.97 Å². The van der Waals surface area contributed by atoms with E-state index in [0.29, 0.717) is 6.20 Å². The van der Waals surface area contributed by atoms with Gasteiger partial charge in [0.15, 0.2) is 0 Å². The molecule has 0 saturated carbocycles. The maximum Gasteiger partial charge on any atom is 0.419 e. The number of hydrogen-bond donors (Lipinski definition) is 2. The molecule has 3 aromatic rings. The van der Waals surface area contributed by atoms with Gasteiger partial charge in [0.25, 0.3) is 10.0 Å². The van der Waals surface area contributed by atoms with Crippen LogP contribution >= 0.6 is 0 Å². The number of nitrogens with one attached hydrogen (secondary N) is 2. The molecule has 0 amide bonds. The minimum Gasteiger partial charge on any atom is -0.359 e. The Morgan fingerprint density at radius 2 is 1.58 bits per heavy atom. The minimum atomic E-state index is -5.19. The highest BCUT2D eigenvalue weighted by molar-refractivity contribution is 7.92. The van der Waals surface area contributed by atoms with Crippen molar-refractivity contribution in [3.8, 4) is 11.4 Å². The third-order valence-electron chi connectivity index (χ3n) is 3.94. The molecule has 2 aromatic heterocycles. The van der Waals surface area contributed by atoms with Crippen molar-refractivity contribution in [3.05, 3.63) is 65.5 Å². The van der Waals surface area contributed by atoms with Crippen LogP contribution in [0, 0.1) is 11.6 Å². The smallest absolute Gasteiger partial charge is 0.359 e. The molecule has 0 unspecified atom stereocenters. The van der Waals surface area contributed by atoms with Gasteiger partial charge in [-0.05, 0) is 24.3 Å². The summed E-state index contributed by atoms with van der Waals surface area (Å²) in [5.41, 5.74) is -4.09. The van der Waals surface area contributed by atoms with Crippen LogP contribution in [0.25, 0.3) is 11.4 Å². The fourth-order valence-electron chi connectivity index (χ4n) is 2.44. The van der Waals surface area contributed by atoms with Gasteiger partial charge in [0.1, 0.15) is 16.5 Å². The Bertz CT molecular complexity index is 1220. The van der Waals surface area contributed by atoms with Crippen LogP contribution in [-0.4, -0.2) is 18.4 Å². The normalized spacial score (nSPS) is 12.8. The minimum absolute atomic E-state index is 0.0202. The largest absolute Gasteiger partial charge is 0.419 e. The Balaban J connectivity index is 1.88. The molecule has 3 rings (SSSR count). The highest BCUT2D eigenvalue weighted by Crippen LogP contribution is 2.34. The van der Waals surface area contributed by atoms with Crippen LogP contribution in [0.3, 0.4) is 0 Å². The summed E-state index contributed by atoms with van der Waals surface area (Å²) in [6.07, 6.45) is -8.40. The Morgan fingerprint density at radius 1 is 0.903 bits per heavy atom. The van der Waals surface area contributed by atoms with Gasteiger partial charge >= 0.3 is 12.4 Å². The third kappa shape index (κ3) is 4.78. The molecule has 0 aliphatic rings. The number of alkyl halides is 6. The first-order valence-electron chi connectivity index (χ1n) is 7.99. The van der Waals surface area contributed by atoms with Crippen molar-refractivity contribution in [1.29, 1.82) is 0 Å². The number of aromatic amines is 1. The van der Waals surface area contributed by atoms with E-state index in [0.717, 1.165) is 24.4 Å². The van der Waals surface area contributed by atoms with Gasteiger partial charge in [0.05, 0.1) is 28.2 Å². The zero-order valence-corrected chi connectivity index (χ0v) is 15.6. The predicted molar refractivity (Wildman–Crippen MR) is 91.2 cm³/mol. The van der Waals surface area contributed by atoms with Gasteiger partial charge in [-0.2, -0.15) is 26.3 Å². The summed E-state index contributed by atoms with van der Waals surface area (Å²) in [5.74, 6) is -3.56. The second kappa shape index (κ2) is 7.51.